The van der Waals surface area contributed by atoms with Crippen molar-refractivity contribution in [1.29, 1.82) is 0 Å². The van der Waals surface area contributed by atoms with Gasteiger partial charge in [0, 0.05) is 35.8 Å². The summed E-state index contributed by atoms with van der Waals surface area (Å²) in [6, 6.07) is 8.87. The smallest absolute Gasteiger partial charge is 0.376 e. The van der Waals surface area contributed by atoms with E-state index >= 15 is 0 Å². The van der Waals surface area contributed by atoms with Gasteiger partial charge in [0.15, 0.2) is 0 Å². The molecule has 1 heterocycles. The Morgan fingerprint density at radius 1 is 1.22 bits per heavy atom. The van der Waals surface area contributed by atoms with E-state index in [-0.39, 0.29) is 27.6 Å². The molecule has 32 heavy (non-hydrogen) atoms. The van der Waals surface area contributed by atoms with E-state index in [9.17, 15) is 18.0 Å². The first kappa shape index (κ1) is 24.6. The first-order valence-corrected chi connectivity index (χ1v) is 11.0. The second kappa shape index (κ2) is 10.3. The summed E-state index contributed by atoms with van der Waals surface area (Å²) in [5, 5.41) is 0.280. The van der Waals surface area contributed by atoms with Crippen molar-refractivity contribution >= 4 is 35.2 Å². The zero-order chi connectivity index (χ0) is 23.5. The van der Waals surface area contributed by atoms with Crippen molar-refractivity contribution in [3.8, 4) is 0 Å². The third-order valence-corrected chi connectivity index (χ3v) is 5.84. The normalized spacial score (nSPS) is 17.7. The molecule has 2 aromatic carbocycles. The first-order chi connectivity index (χ1) is 15.0. The van der Waals surface area contributed by atoms with Gasteiger partial charge in [-0.05, 0) is 60.7 Å². The average Bonchev–Trinajstić information content (AvgIpc) is 3.19. The van der Waals surface area contributed by atoms with E-state index in [2.05, 4.69) is 0 Å². The molecule has 0 saturated carbocycles. The maximum absolute atomic E-state index is 13.7. The molecule has 0 spiro atoms. The first-order valence-electron chi connectivity index (χ1n) is 10.2. The van der Waals surface area contributed by atoms with Gasteiger partial charge in [-0.1, -0.05) is 47.5 Å². The van der Waals surface area contributed by atoms with Crippen LogP contribution in [0.1, 0.15) is 45.8 Å². The minimum absolute atomic E-state index is 0.0365. The molecule has 0 N–H and O–H groups in total. The van der Waals surface area contributed by atoms with Crippen molar-refractivity contribution in [3.63, 3.8) is 0 Å². The van der Waals surface area contributed by atoms with Crippen LogP contribution in [0.4, 0.5) is 13.2 Å². The number of carbonyl (C=O) groups is 1. The summed E-state index contributed by atoms with van der Waals surface area (Å²) in [7, 11) is 1.72. The monoisotopic (exact) mass is 485 g/mol. The summed E-state index contributed by atoms with van der Waals surface area (Å²) in [6.07, 6.45) is -0.0798. The summed E-state index contributed by atoms with van der Waals surface area (Å²) in [6.45, 7) is 2.99. The third-order valence-electron chi connectivity index (χ3n) is 5.41. The molecule has 1 aliphatic rings. The molecule has 1 saturated heterocycles. The molecule has 172 valence electrons. The van der Waals surface area contributed by atoms with E-state index < -0.39 is 12.1 Å². The van der Waals surface area contributed by atoms with Crippen LogP contribution in [0.5, 0.6) is 0 Å². The van der Waals surface area contributed by atoms with Crippen LogP contribution in [0.3, 0.4) is 0 Å². The van der Waals surface area contributed by atoms with E-state index in [1.807, 2.05) is 0 Å². The predicted octanol–water partition coefficient (Wildman–Crippen LogP) is 6.91. The van der Waals surface area contributed by atoms with Crippen LogP contribution < -0.4 is 0 Å². The quantitative estimate of drug-likeness (QED) is 0.444. The average molecular weight is 486 g/mol. The van der Waals surface area contributed by atoms with Crippen LogP contribution in [-0.4, -0.2) is 43.3 Å². The second-order valence-electron chi connectivity index (χ2n) is 7.98. The van der Waals surface area contributed by atoms with Gasteiger partial charge in [-0.3, -0.25) is 4.79 Å². The highest BCUT2D eigenvalue weighted by Crippen LogP contribution is 2.38. The zero-order valence-corrected chi connectivity index (χ0v) is 19.3. The maximum atomic E-state index is 13.7. The Morgan fingerprint density at radius 2 is 1.91 bits per heavy atom. The Morgan fingerprint density at radius 3 is 2.47 bits per heavy atom. The van der Waals surface area contributed by atoms with Crippen molar-refractivity contribution in [2.75, 3.05) is 20.2 Å². The lowest BCUT2D eigenvalue weighted by Gasteiger charge is -2.22. The van der Waals surface area contributed by atoms with Crippen molar-refractivity contribution in [3.05, 3.63) is 74.8 Å². The fraction of sp³-hybridized carbons (Fsp3) is 0.375. The molecule has 0 radical (unpaired) electrons. The molecular weight excluding hydrogens is 462 g/mol. The molecule has 2 aromatic rings. The number of hydrogen-bond donors (Lipinski definition) is 0. The lowest BCUT2D eigenvalue weighted by atomic mass is 9.96. The van der Waals surface area contributed by atoms with Crippen LogP contribution >= 0.6 is 23.2 Å². The van der Waals surface area contributed by atoms with Gasteiger partial charge in [0.05, 0.1) is 12.0 Å². The summed E-state index contributed by atoms with van der Waals surface area (Å²) < 4.78 is 46.6. The molecule has 1 fully saturated rings. The highest BCUT2D eigenvalue weighted by molar-refractivity contribution is 6.34. The number of likely N-dealkylation sites (N-methyl/N-ethyl adjacent to an activating group) is 1. The molecule has 0 aromatic heterocycles. The zero-order valence-electron chi connectivity index (χ0n) is 17.8. The number of alkyl halides is 3. The third kappa shape index (κ3) is 6.27. The highest BCUT2D eigenvalue weighted by atomic mass is 35.5. The summed E-state index contributed by atoms with van der Waals surface area (Å²) >= 11 is 11.8. The number of hydrogen-bond acceptors (Lipinski definition) is 2. The number of halogens is 5. The molecule has 1 aliphatic heterocycles. The number of ether oxygens (including phenoxy) is 1. The number of allylic oxidation sites excluding steroid dienone is 1. The molecule has 0 aliphatic carbocycles. The van der Waals surface area contributed by atoms with Crippen molar-refractivity contribution < 1.29 is 22.7 Å². The van der Waals surface area contributed by atoms with Gasteiger partial charge in [0.1, 0.15) is 0 Å². The number of amides is 1. The van der Waals surface area contributed by atoms with E-state index in [0.29, 0.717) is 29.8 Å². The van der Waals surface area contributed by atoms with Gasteiger partial charge in [-0.2, -0.15) is 13.2 Å². The minimum Gasteiger partial charge on any atom is -0.376 e. The predicted molar refractivity (Wildman–Crippen MR) is 121 cm³/mol. The van der Waals surface area contributed by atoms with Crippen LogP contribution in [0.15, 0.2) is 42.5 Å². The number of carbonyl (C=O) groups excluding carboxylic acids is 1. The van der Waals surface area contributed by atoms with E-state index in [1.165, 1.54) is 24.3 Å². The molecule has 3 nitrogen and oxygen atoms in total. The van der Waals surface area contributed by atoms with Gasteiger partial charge in [-0.25, -0.2) is 0 Å². The van der Waals surface area contributed by atoms with E-state index in [4.69, 9.17) is 27.9 Å². The lowest BCUT2D eigenvalue weighted by molar-refractivity contribution is -0.139. The van der Waals surface area contributed by atoms with Gasteiger partial charge in [0.2, 0.25) is 0 Å². The summed E-state index contributed by atoms with van der Waals surface area (Å²) in [4.78, 5) is 14.4. The number of nitrogens with zero attached hydrogens (tertiary/aromatic N) is 1. The van der Waals surface area contributed by atoms with E-state index in [1.54, 1.807) is 37.1 Å². The molecule has 2 unspecified atom stereocenters. The molecule has 0 bridgehead atoms. The Bertz CT molecular complexity index is 981. The van der Waals surface area contributed by atoms with Gasteiger partial charge in [0.25, 0.3) is 5.91 Å². The fourth-order valence-corrected chi connectivity index (χ4v) is 4.33. The number of rotatable bonds is 6. The molecule has 1 amide bonds. The van der Waals surface area contributed by atoms with Gasteiger partial charge in [-0.15, -0.1) is 0 Å². The van der Waals surface area contributed by atoms with Crippen LogP contribution in [0.2, 0.25) is 10.0 Å². The van der Waals surface area contributed by atoms with Crippen LogP contribution in [0.25, 0.3) is 6.08 Å². The van der Waals surface area contributed by atoms with Crippen molar-refractivity contribution in [1.82, 2.24) is 4.90 Å². The van der Waals surface area contributed by atoms with E-state index in [0.717, 1.165) is 18.9 Å². The molecule has 3 rings (SSSR count). The maximum Gasteiger partial charge on any atom is 0.399 e. The second-order valence-corrected chi connectivity index (χ2v) is 8.85. The summed E-state index contributed by atoms with van der Waals surface area (Å²) in [5.41, 5.74) is 1.72. The molecular formula is C24H24Cl2F3NO2. The van der Waals surface area contributed by atoms with Crippen molar-refractivity contribution in [2.24, 2.45) is 0 Å². The SMILES string of the molecule is Cc1cc(/C=C/C(c2cc(Cl)cc(Cl)c2)C(F)(F)F)ccc1C(=O)N(C)CC1CCCO1. The Kier molecular flexibility index (Phi) is 7.91. The lowest BCUT2D eigenvalue weighted by Crippen LogP contribution is -2.34. The van der Waals surface area contributed by atoms with Crippen LogP contribution in [0, 0.1) is 6.92 Å². The Labute approximate surface area is 195 Å². The summed E-state index contributed by atoms with van der Waals surface area (Å²) in [5.74, 6) is -2.01. The van der Waals surface area contributed by atoms with Gasteiger partial charge < -0.3 is 9.64 Å². The topological polar surface area (TPSA) is 29.5 Å². The molecule has 2 atom stereocenters. The highest BCUT2D eigenvalue weighted by Gasteiger charge is 2.39. The fourth-order valence-electron chi connectivity index (χ4n) is 3.78. The Balaban J connectivity index is 1.78. The largest absolute Gasteiger partial charge is 0.399 e. The minimum atomic E-state index is -4.51. The number of benzene rings is 2. The molecule has 8 heteroatoms. The van der Waals surface area contributed by atoms with Gasteiger partial charge >= 0.3 is 6.18 Å². The number of aryl methyl sites for hydroxylation is 1. The van der Waals surface area contributed by atoms with Crippen molar-refractivity contribution in [2.45, 2.75) is 38.0 Å². The van der Waals surface area contributed by atoms with Crippen LogP contribution in [-0.2, 0) is 4.74 Å². The Hall–Kier alpha value is -2.02. The standard InChI is InChI=1S/C24H24Cl2F3NO2/c1-15-10-16(5-7-21(15)23(31)30(2)14-20-4-3-9-32-20)6-8-22(24(27,28)29)17-11-18(25)13-19(26)12-17/h5-8,10-13,20,22H,3-4,9,14H2,1-2H3/b8-6+.